The average Bonchev–Trinajstić information content (AvgIpc) is 3.10. The Kier molecular flexibility index (Phi) is 5.67. The molecule has 5 heteroatoms. The van der Waals surface area contributed by atoms with Crippen LogP contribution < -0.4 is 5.32 Å². The molecule has 0 saturated heterocycles. The summed E-state index contributed by atoms with van der Waals surface area (Å²) in [7, 11) is 0. The second-order valence-electron chi connectivity index (χ2n) is 5.32. The van der Waals surface area contributed by atoms with E-state index in [2.05, 4.69) is 16.6 Å². The lowest BCUT2D eigenvalue weighted by molar-refractivity contribution is 0.0950. The van der Waals surface area contributed by atoms with Gasteiger partial charge in [0.25, 0.3) is 5.91 Å². The molecule has 0 radical (unpaired) electrons. The van der Waals surface area contributed by atoms with Crippen molar-refractivity contribution in [3.8, 4) is 10.6 Å². The number of carbonyl (C=O) groups excluding carboxylic acids is 1. The van der Waals surface area contributed by atoms with Crippen LogP contribution in [-0.2, 0) is 12.3 Å². The van der Waals surface area contributed by atoms with Crippen molar-refractivity contribution in [2.24, 2.45) is 0 Å². The highest BCUT2D eigenvalue weighted by molar-refractivity contribution is 7.97. The number of aromatic nitrogens is 1. The molecular formula is C19H18N2OS2. The Labute approximate surface area is 150 Å². The quantitative estimate of drug-likeness (QED) is 0.703. The van der Waals surface area contributed by atoms with Crippen molar-refractivity contribution in [3.05, 3.63) is 76.8 Å². The number of nitrogens with one attached hydrogen (secondary N) is 1. The van der Waals surface area contributed by atoms with Gasteiger partial charge in [0, 0.05) is 22.3 Å². The summed E-state index contributed by atoms with van der Waals surface area (Å²) in [6.07, 6.45) is 2.07. The maximum absolute atomic E-state index is 12.2. The van der Waals surface area contributed by atoms with Gasteiger partial charge in [0.2, 0.25) is 0 Å². The molecule has 0 aliphatic rings. The number of benzene rings is 2. The zero-order valence-corrected chi connectivity index (χ0v) is 15.0. The molecule has 1 aromatic heterocycles. The van der Waals surface area contributed by atoms with E-state index in [1.807, 2.05) is 60.0 Å². The molecule has 1 heterocycles. The first-order valence-corrected chi connectivity index (χ1v) is 9.89. The third kappa shape index (κ3) is 4.24. The van der Waals surface area contributed by atoms with Crippen LogP contribution in [0, 0.1) is 0 Å². The molecule has 24 heavy (non-hydrogen) atoms. The van der Waals surface area contributed by atoms with Gasteiger partial charge in [-0.05, 0) is 24.0 Å². The van der Waals surface area contributed by atoms with Crippen molar-refractivity contribution in [3.63, 3.8) is 0 Å². The van der Waals surface area contributed by atoms with E-state index in [1.54, 1.807) is 23.1 Å². The van der Waals surface area contributed by atoms with Crippen molar-refractivity contribution < 1.29 is 4.79 Å². The lowest BCUT2D eigenvalue weighted by atomic mass is 10.1. The normalized spacial score (nSPS) is 10.5. The van der Waals surface area contributed by atoms with E-state index in [9.17, 15) is 4.79 Å². The van der Waals surface area contributed by atoms with Crippen LogP contribution in [0.4, 0.5) is 0 Å². The number of thiazole rings is 1. The summed E-state index contributed by atoms with van der Waals surface area (Å²) in [6, 6.07) is 17.8. The van der Waals surface area contributed by atoms with Crippen LogP contribution in [-0.4, -0.2) is 17.1 Å². The lowest BCUT2D eigenvalue weighted by Gasteiger charge is -2.04. The smallest absolute Gasteiger partial charge is 0.251 e. The zero-order chi connectivity index (χ0) is 16.8. The number of rotatable bonds is 6. The predicted octanol–water partition coefficient (Wildman–Crippen LogP) is 4.60. The first kappa shape index (κ1) is 16.7. The molecule has 2 aromatic carbocycles. The summed E-state index contributed by atoms with van der Waals surface area (Å²) in [5.41, 5.74) is 3.89. The highest BCUT2D eigenvalue weighted by Gasteiger charge is 2.08. The van der Waals surface area contributed by atoms with Crippen LogP contribution in [0.3, 0.4) is 0 Å². The molecule has 1 amide bonds. The van der Waals surface area contributed by atoms with Gasteiger partial charge in [-0.1, -0.05) is 42.5 Å². The van der Waals surface area contributed by atoms with Gasteiger partial charge in [0.1, 0.15) is 5.01 Å². The Morgan fingerprint density at radius 2 is 1.88 bits per heavy atom. The van der Waals surface area contributed by atoms with Crippen molar-refractivity contribution in [2.45, 2.75) is 12.3 Å². The molecule has 1 N–H and O–H groups in total. The third-order valence-corrected chi connectivity index (χ3v) is 5.09. The van der Waals surface area contributed by atoms with Gasteiger partial charge in [0.05, 0.1) is 12.2 Å². The second-order valence-corrected chi connectivity index (χ2v) is 7.05. The Morgan fingerprint density at radius 1 is 1.12 bits per heavy atom. The summed E-state index contributed by atoms with van der Waals surface area (Å²) >= 11 is 3.36. The predicted molar refractivity (Wildman–Crippen MR) is 102 cm³/mol. The summed E-state index contributed by atoms with van der Waals surface area (Å²) in [5.74, 6) is 0.892. The van der Waals surface area contributed by atoms with E-state index in [0.29, 0.717) is 12.1 Å². The molecule has 122 valence electrons. The topological polar surface area (TPSA) is 42.0 Å². The Balaban J connectivity index is 1.59. The fourth-order valence-corrected chi connectivity index (χ4v) is 3.65. The SMILES string of the molecule is CSCc1ccc(C(=O)NCc2csc(-c3ccccc3)n2)cc1. The van der Waals surface area contributed by atoms with E-state index >= 15 is 0 Å². The molecule has 0 aliphatic carbocycles. The van der Waals surface area contributed by atoms with Crippen LogP contribution in [0.2, 0.25) is 0 Å². The van der Waals surface area contributed by atoms with Gasteiger partial charge in [-0.15, -0.1) is 11.3 Å². The largest absolute Gasteiger partial charge is 0.346 e. The maximum atomic E-state index is 12.2. The van der Waals surface area contributed by atoms with Crippen molar-refractivity contribution >= 4 is 29.0 Å². The molecule has 3 rings (SSSR count). The fraction of sp³-hybridized carbons (Fsp3) is 0.158. The van der Waals surface area contributed by atoms with E-state index in [1.165, 1.54) is 5.56 Å². The van der Waals surface area contributed by atoms with Gasteiger partial charge >= 0.3 is 0 Å². The Morgan fingerprint density at radius 3 is 2.58 bits per heavy atom. The van der Waals surface area contributed by atoms with E-state index in [-0.39, 0.29) is 5.91 Å². The minimum Gasteiger partial charge on any atom is -0.346 e. The molecule has 0 aliphatic heterocycles. The summed E-state index contributed by atoms with van der Waals surface area (Å²) in [4.78, 5) is 16.8. The van der Waals surface area contributed by atoms with E-state index in [4.69, 9.17) is 0 Å². The van der Waals surface area contributed by atoms with Gasteiger partial charge in [-0.25, -0.2) is 4.98 Å². The third-order valence-electron chi connectivity index (χ3n) is 3.53. The average molecular weight is 354 g/mol. The van der Waals surface area contributed by atoms with Gasteiger partial charge in [-0.2, -0.15) is 11.8 Å². The molecule has 0 spiro atoms. The fourth-order valence-electron chi connectivity index (χ4n) is 2.29. The van der Waals surface area contributed by atoms with Crippen molar-refractivity contribution in [1.82, 2.24) is 10.3 Å². The Hall–Kier alpha value is -2.11. The molecular weight excluding hydrogens is 336 g/mol. The number of nitrogens with zero attached hydrogens (tertiary/aromatic N) is 1. The minimum atomic E-state index is -0.0695. The molecule has 0 atom stereocenters. The van der Waals surface area contributed by atoms with E-state index < -0.39 is 0 Å². The van der Waals surface area contributed by atoms with Crippen LogP contribution >= 0.6 is 23.1 Å². The van der Waals surface area contributed by atoms with Crippen LogP contribution in [0.5, 0.6) is 0 Å². The van der Waals surface area contributed by atoms with E-state index in [0.717, 1.165) is 22.0 Å². The van der Waals surface area contributed by atoms with Crippen molar-refractivity contribution in [2.75, 3.05) is 6.26 Å². The lowest BCUT2D eigenvalue weighted by Crippen LogP contribution is -2.22. The first-order chi connectivity index (χ1) is 11.8. The highest BCUT2D eigenvalue weighted by Crippen LogP contribution is 2.23. The standard InChI is InChI=1S/C19H18N2OS2/c1-23-12-14-7-9-15(10-8-14)18(22)20-11-17-13-24-19(21-17)16-5-3-2-4-6-16/h2-10,13H,11-12H2,1H3,(H,20,22). The molecule has 0 fully saturated rings. The van der Waals surface area contributed by atoms with Crippen LogP contribution in [0.25, 0.3) is 10.6 Å². The monoisotopic (exact) mass is 354 g/mol. The van der Waals surface area contributed by atoms with Crippen molar-refractivity contribution in [1.29, 1.82) is 0 Å². The number of carbonyl (C=O) groups is 1. The van der Waals surface area contributed by atoms with Gasteiger partial charge < -0.3 is 5.32 Å². The molecule has 0 unspecified atom stereocenters. The summed E-state index contributed by atoms with van der Waals surface area (Å²) in [5, 5.41) is 5.90. The molecule has 0 saturated carbocycles. The number of hydrogen-bond donors (Lipinski definition) is 1. The molecule has 0 bridgehead atoms. The summed E-state index contributed by atoms with van der Waals surface area (Å²) in [6.45, 7) is 0.439. The number of amides is 1. The van der Waals surface area contributed by atoms with Crippen LogP contribution in [0.1, 0.15) is 21.6 Å². The second kappa shape index (κ2) is 8.13. The maximum Gasteiger partial charge on any atom is 0.251 e. The molecule has 3 nitrogen and oxygen atoms in total. The highest BCUT2D eigenvalue weighted by atomic mass is 32.2. The minimum absolute atomic E-state index is 0.0695. The van der Waals surface area contributed by atoms with Crippen LogP contribution in [0.15, 0.2) is 60.0 Å². The van der Waals surface area contributed by atoms with Gasteiger partial charge in [-0.3, -0.25) is 4.79 Å². The van der Waals surface area contributed by atoms with Gasteiger partial charge in [0.15, 0.2) is 0 Å². The Bertz CT molecular complexity index is 798. The zero-order valence-electron chi connectivity index (χ0n) is 13.4. The number of thioether (sulfide) groups is 1. The number of hydrogen-bond acceptors (Lipinski definition) is 4. The summed E-state index contributed by atoms with van der Waals surface area (Å²) < 4.78 is 0. The molecule has 3 aromatic rings. The first-order valence-electron chi connectivity index (χ1n) is 7.62.